The van der Waals surface area contributed by atoms with Crippen LogP contribution in [0.4, 0.5) is 70.2 Å². The molecule has 0 heterocycles. The first-order valence-corrected chi connectivity index (χ1v) is 9.40. The van der Waals surface area contributed by atoms with Crippen molar-refractivity contribution in [1.29, 1.82) is 0 Å². The first-order valence-electron chi connectivity index (χ1n) is 9.40. The fourth-order valence-corrected chi connectivity index (χ4v) is 2.52. The second kappa shape index (κ2) is 12.0. The molecular formula is C19H27F16NO. The molecule has 0 rings (SSSR count). The minimum absolute atomic E-state index is 0. The van der Waals surface area contributed by atoms with Crippen molar-refractivity contribution < 1.29 is 75.0 Å². The van der Waals surface area contributed by atoms with Crippen LogP contribution in [0.1, 0.15) is 48.0 Å². The van der Waals surface area contributed by atoms with Gasteiger partial charge >= 0.3 is 47.9 Å². The Hall–Kier alpha value is -1.65. The van der Waals surface area contributed by atoms with Gasteiger partial charge in [0.05, 0.1) is 0 Å². The first-order chi connectivity index (χ1) is 15.2. The molecule has 1 unspecified atom stereocenters. The molecule has 0 aromatic carbocycles. The fourth-order valence-electron chi connectivity index (χ4n) is 2.52. The van der Waals surface area contributed by atoms with Gasteiger partial charge in [-0.2, -0.15) is 61.5 Å². The zero-order valence-electron chi connectivity index (χ0n) is 17.9. The average molecular weight is 589 g/mol. The Labute approximate surface area is 202 Å². The van der Waals surface area contributed by atoms with Gasteiger partial charge in [-0.15, -0.1) is 0 Å². The summed E-state index contributed by atoms with van der Waals surface area (Å²) < 4.78 is 212. The molecule has 1 amide bonds. The molecule has 0 aliphatic heterocycles. The van der Waals surface area contributed by atoms with Crippen molar-refractivity contribution in [1.82, 2.24) is 4.90 Å². The molecule has 0 bridgehead atoms. The van der Waals surface area contributed by atoms with Crippen molar-refractivity contribution in [3.05, 3.63) is 0 Å². The first kappa shape index (κ1) is 39.9. The molecule has 0 N–H and O–H groups in total. The van der Waals surface area contributed by atoms with Crippen LogP contribution >= 0.6 is 0 Å². The lowest BCUT2D eigenvalue weighted by Crippen LogP contribution is -2.73. The van der Waals surface area contributed by atoms with E-state index >= 15 is 0 Å². The summed E-state index contributed by atoms with van der Waals surface area (Å²) in [6.45, 7) is 2.02. The summed E-state index contributed by atoms with van der Waals surface area (Å²) in [6.07, 6.45) is -9.45. The molecule has 0 radical (unpaired) electrons. The van der Waals surface area contributed by atoms with Gasteiger partial charge in [0.2, 0.25) is 5.91 Å². The number of hydrogen-bond donors (Lipinski definition) is 0. The molecule has 0 aliphatic carbocycles. The van der Waals surface area contributed by atoms with Crippen LogP contribution in [-0.2, 0) is 4.79 Å². The van der Waals surface area contributed by atoms with E-state index in [4.69, 9.17) is 0 Å². The van der Waals surface area contributed by atoms with Gasteiger partial charge in [-0.1, -0.05) is 28.7 Å². The highest BCUT2D eigenvalue weighted by Gasteiger charge is 2.93. The Morgan fingerprint density at radius 1 is 0.703 bits per heavy atom. The Morgan fingerprint density at radius 2 is 1.05 bits per heavy atom. The highest BCUT2D eigenvalue weighted by atomic mass is 19.4. The van der Waals surface area contributed by atoms with Gasteiger partial charge in [-0.25, -0.2) is 8.78 Å². The minimum atomic E-state index is -8.39. The van der Waals surface area contributed by atoms with Crippen molar-refractivity contribution in [3.8, 4) is 0 Å². The van der Waals surface area contributed by atoms with Crippen LogP contribution in [-0.4, -0.2) is 72.3 Å². The van der Waals surface area contributed by atoms with E-state index in [9.17, 15) is 75.0 Å². The topological polar surface area (TPSA) is 20.3 Å². The third kappa shape index (κ3) is 6.33. The zero-order valence-corrected chi connectivity index (χ0v) is 17.9. The molecule has 226 valence electrons. The van der Waals surface area contributed by atoms with E-state index in [0.717, 1.165) is 7.05 Å². The molecule has 1 atom stereocenters. The van der Waals surface area contributed by atoms with Crippen LogP contribution in [0, 0.1) is 5.92 Å². The summed E-state index contributed by atoms with van der Waals surface area (Å²) in [5.41, 5.74) is 0. The largest absolute Gasteiger partial charge is 0.384 e. The van der Waals surface area contributed by atoms with Gasteiger partial charge in [0.25, 0.3) is 0 Å². The summed E-state index contributed by atoms with van der Waals surface area (Å²) in [5.74, 6) is -55.8. The van der Waals surface area contributed by atoms with Crippen molar-refractivity contribution in [3.63, 3.8) is 0 Å². The number of carbonyl (C=O) groups excluding carboxylic acids is 1. The van der Waals surface area contributed by atoms with Crippen LogP contribution in [0.3, 0.4) is 0 Å². The predicted molar refractivity (Wildman–Crippen MR) is 100 cm³/mol. The summed E-state index contributed by atoms with van der Waals surface area (Å²) in [6, 6.07) is 0. The number of rotatable bonds is 13. The number of amides is 1. The van der Waals surface area contributed by atoms with Crippen molar-refractivity contribution in [2.75, 3.05) is 13.6 Å². The fraction of sp³-hybridized carbons (Fsp3) is 0.947. The SMILES string of the molecule is C.C.CCC(C)C(=O)N(C)CCCC(F)(F)C(F)(F)C(F)(F)C(F)(F)C(F)(F)C(F)(F)C(F)(F)C(F)F. The molecule has 0 saturated heterocycles. The molecule has 0 aromatic rings. The van der Waals surface area contributed by atoms with E-state index < -0.39 is 79.1 Å². The van der Waals surface area contributed by atoms with Gasteiger partial charge in [0.15, 0.2) is 0 Å². The molecule has 0 saturated carbocycles. The summed E-state index contributed by atoms with van der Waals surface area (Å²) in [4.78, 5) is 12.4. The quantitative estimate of drug-likeness (QED) is 0.198. The number of alkyl halides is 16. The standard InChI is InChI=1S/C17H19F16NO.2CH4/c1-4-8(2)9(35)34(3)7-5-6-11(20,21)13(24,25)15(28,29)17(32,33)16(30,31)14(26,27)12(22,23)10(18)19;;/h8,10H,4-7H2,1-3H3;2*1H4. The van der Waals surface area contributed by atoms with E-state index in [1.807, 2.05) is 0 Å². The monoisotopic (exact) mass is 589 g/mol. The second-order valence-corrected chi connectivity index (χ2v) is 7.67. The number of halogens is 16. The number of hydrogen-bond acceptors (Lipinski definition) is 1. The molecule has 0 spiro atoms. The van der Waals surface area contributed by atoms with Gasteiger partial charge in [0.1, 0.15) is 0 Å². The average Bonchev–Trinajstić information content (AvgIpc) is 2.71. The minimum Gasteiger partial charge on any atom is -0.346 e. The normalized spacial score (nSPS) is 15.1. The molecule has 37 heavy (non-hydrogen) atoms. The van der Waals surface area contributed by atoms with Crippen LogP contribution < -0.4 is 0 Å². The van der Waals surface area contributed by atoms with Gasteiger partial charge in [0, 0.05) is 25.9 Å². The van der Waals surface area contributed by atoms with Gasteiger partial charge in [-0.3, -0.25) is 4.79 Å². The summed E-state index contributed by atoms with van der Waals surface area (Å²) in [7, 11) is 0.958. The molecular weight excluding hydrogens is 562 g/mol. The Bertz CT molecular complexity index is 738. The molecule has 0 aromatic heterocycles. The van der Waals surface area contributed by atoms with Crippen molar-refractivity contribution >= 4 is 5.91 Å². The van der Waals surface area contributed by atoms with E-state index in [2.05, 4.69) is 0 Å². The second-order valence-electron chi connectivity index (χ2n) is 7.67. The number of nitrogens with zero attached hydrogens (tertiary/aromatic N) is 1. The maximum Gasteiger partial charge on any atom is 0.384 e. The Kier molecular flexibility index (Phi) is 13.0. The Balaban J connectivity index is -0.00000578. The van der Waals surface area contributed by atoms with Crippen molar-refractivity contribution in [2.45, 2.75) is 95.8 Å². The third-order valence-corrected chi connectivity index (χ3v) is 5.12. The maximum absolute atomic E-state index is 13.8. The van der Waals surface area contributed by atoms with E-state index in [-0.39, 0.29) is 21.3 Å². The lowest BCUT2D eigenvalue weighted by atomic mass is 9.88. The Morgan fingerprint density at radius 3 is 1.41 bits per heavy atom. The van der Waals surface area contributed by atoms with E-state index in [1.165, 1.54) is 13.8 Å². The predicted octanol–water partition coefficient (Wildman–Crippen LogP) is 8.26. The van der Waals surface area contributed by atoms with Gasteiger partial charge in [-0.05, 0) is 12.8 Å². The summed E-state index contributed by atoms with van der Waals surface area (Å²) >= 11 is 0. The third-order valence-electron chi connectivity index (χ3n) is 5.12. The molecule has 0 fully saturated rings. The highest BCUT2D eigenvalue weighted by Crippen LogP contribution is 2.63. The van der Waals surface area contributed by atoms with Crippen LogP contribution in [0.15, 0.2) is 0 Å². The van der Waals surface area contributed by atoms with Crippen LogP contribution in [0.5, 0.6) is 0 Å². The molecule has 0 aliphatic rings. The molecule has 2 nitrogen and oxygen atoms in total. The van der Waals surface area contributed by atoms with Gasteiger partial charge < -0.3 is 4.90 Å². The number of carbonyl (C=O) groups is 1. The van der Waals surface area contributed by atoms with Crippen LogP contribution in [0.2, 0.25) is 0 Å². The van der Waals surface area contributed by atoms with Crippen LogP contribution in [0.25, 0.3) is 0 Å². The highest BCUT2D eigenvalue weighted by molar-refractivity contribution is 5.78. The van der Waals surface area contributed by atoms with E-state index in [0.29, 0.717) is 4.90 Å². The van der Waals surface area contributed by atoms with E-state index in [1.54, 1.807) is 0 Å². The lowest BCUT2D eigenvalue weighted by Gasteiger charge is -2.42. The maximum atomic E-state index is 13.8. The summed E-state index contributed by atoms with van der Waals surface area (Å²) in [5, 5.41) is 0. The smallest absolute Gasteiger partial charge is 0.346 e. The van der Waals surface area contributed by atoms with Crippen molar-refractivity contribution in [2.24, 2.45) is 5.92 Å². The lowest BCUT2D eigenvalue weighted by molar-refractivity contribution is -0.447. The molecule has 18 heteroatoms. The zero-order chi connectivity index (χ0) is 28.6.